The number of carbonyl (C=O) groups is 1. The number of piperazine rings is 1. The first-order valence-electron chi connectivity index (χ1n) is 13.3. The van der Waals surface area contributed by atoms with Crippen LogP contribution in [-0.4, -0.2) is 86.4 Å². The van der Waals surface area contributed by atoms with Gasteiger partial charge in [0.1, 0.15) is 10.6 Å². The summed E-state index contributed by atoms with van der Waals surface area (Å²) in [5, 5.41) is 24.3. The maximum atomic E-state index is 14.1. The molecule has 1 aromatic carbocycles. The number of ether oxygens (including phenoxy) is 1. The number of aryl methyl sites for hydroxylation is 1. The van der Waals surface area contributed by atoms with Crippen LogP contribution in [0.15, 0.2) is 41.0 Å². The Hall–Kier alpha value is -2.31. The first-order chi connectivity index (χ1) is 18.5. The lowest BCUT2D eigenvalue weighted by atomic mass is 9.80. The molecule has 1 saturated heterocycles. The Morgan fingerprint density at radius 1 is 1.29 bits per heavy atom. The maximum absolute atomic E-state index is 14.1. The molecule has 2 fully saturated rings. The monoisotopic (exact) mass is 556 g/mol. The van der Waals surface area contributed by atoms with Crippen molar-refractivity contribution in [2.24, 2.45) is 0 Å². The van der Waals surface area contributed by atoms with Crippen molar-refractivity contribution in [3.05, 3.63) is 47.4 Å². The fraction of sp³-hybridized carbons (Fsp3) is 0.556. The summed E-state index contributed by atoms with van der Waals surface area (Å²) >= 11 is 3.29. The molecule has 0 unspecified atom stereocenters. The molecule has 1 aliphatic carbocycles. The molecule has 2 N–H and O–H groups in total. The number of nitrogens with one attached hydrogen (secondary N) is 1. The molecule has 3 atom stereocenters. The molecule has 0 radical (unpaired) electrons. The number of aliphatic hydroxyl groups is 1. The molecule has 0 bridgehead atoms. The van der Waals surface area contributed by atoms with Gasteiger partial charge < -0.3 is 24.6 Å². The molecule has 9 nitrogen and oxygen atoms in total. The van der Waals surface area contributed by atoms with E-state index in [-0.39, 0.29) is 24.6 Å². The zero-order chi connectivity index (χ0) is 26.5. The van der Waals surface area contributed by atoms with Gasteiger partial charge in [0.25, 0.3) is 5.91 Å². The summed E-state index contributed by atoms with van der Waals surface area (Å²) in [5.74, 6) is 0.800. The number of imidazole rings is 1. The third-order valence-electron chi connectivity index (χ3n) is 7.53. The lowest BCUT2D eigenvalue weighted by Gasteiger charge is -2.41. The smallest absolute Gasteiger partial charge is 0.275 e. The summed E-state index contributed by atoms with van der Waals surface area (Å²) in [4.78, 5) is 20.8. The average molecular weight is 557 g/mol. The molecule has 5 rings (SSSR count). The molecule has 2 aromatic heterocycles. The van der Waals surface area contributed by atoms with Gasteiger partial charge in [-0.1, -0.05) is 66.3 Å². The zero-order valence-corrected chi connectivity index (χ0v) is 23.6. The predicted molar refractivity (Wildman–Crippen MR) is 150 cm³/mol. The fourth-order valence-electron chi connectivity index (χ4n) is 5.70. The maximum Gasteiger partial charge on any atom is 0.275 e. The minimum absolute atomic E-state index is 0.0584. The number of amides is 1. The van der Waals surface area contributed by atoms with Crippen molar-refractivity contribution in [3.63, 3.8) is 0 Å². The largest absolute Gasteiger partial charge is 0.385 e. The lowest BCUT2D eigenvalue weighted by Crippen LogP contribution is -2.54. The highest BCUT2D eigenvalue weighted by atomic mass is 32.2. The van der Waals surface area contributed by atoms with Crippen LogP contribution in [-0.2, 0) is 4.74 Å². The number of thioether (sulfide) groups is 1. The summed E-state index contributed by atoms with van der Waals surface area (Å²) in [7, 11) is 1.62. The van der Waals surface area contributed by atoms with E-state index in [9.17, 15) is 9.90 Å². The SMILES string of the molecule is COC[C@]1(O)CCCC[C@H]1n1cnc(C(=O)N2CCNC[C@H]2CCSc2nnc(C)s2)c1-c1ccccc1. The van der Waals surface area contributed by atoms with Gasteiger partial charge in [0.2, 0.25) is 0 Å². The molecular weight excluding hydrogens is 520 g/mol. The van der Waals surface area contributed by atoms with Crippen LogP contribution >= 0.6 is 23.1 Å². The Morgan fingerprint density at radius 2 is 2.13 bits per heavy atom. The highest BCUT2D eigenvalue weighted by Crippen LogP contribution is 2.41. The molecule has 3 aromatic rings. The van der Waals surface area contributed by atoms with Crippen molar-refractivity contribution in [1.82, 2.24) is 30.0 Å². The van der Waals surface area contributed by atoms with Gasteiger partial charge in [-0.15, -0.1) is 10.2 Å². The summed E-state index contributed by atoms with van der Waals surface area (Å²) < 4.78 is 8.44. The third kappa shape index (κ3) is 5.81. The van der Waals surface area contributed by atoms with E-state index in [0.29, 0.717) is 18.7 Å². The van der Waals surface area contributed by atoms with Crippen molar-refractivity contribution in [3.8, 4) is 11.3 Å². The predicted octanol–water partition coefficient (Wildman–Crippen LogP) is 3.80. The van der Waals surface area contributed by atoms with E-state index in [1.54, 1.807) is 36.5 Å². The van der Waals surface area contributed by atoms with E-state index in [0.717, 1.165) is 65.1 Å². The summed E-state index contributed by atoms with van der Waals surface area (Å²) in [5.41, 5.74) is 1.14. The lowest BCUT2D eigenvalue weighted by molar-refractivity contribution is -0.0893. The molecule has 204 valence electrons. The number of methoxy groups -OCH3 is 1. The Morgan fingerprint density at radius 3 is 2.89 bits per heavy atom. The van der Waals surface area contributed by atoms with Crippen LogP contribution in [0.5, 0.6) is 0 Å². The van der Waals surface area contributed by atoms with Crippen molar-refractivity contribution in [1.29, 1.82) is 0 Å². The van der Waals surface area contributed by atoms with Crippen LogP contribution in [0.1, 0.15) is 53.6 Å². The molecule has 1 aliphatic heterocycles. The number of benzene rings is 1. The van der Waals surface area contributed by atoms with Crippen molar-refractivity contribution < 1.29 is 14.6 Å². The Balaban J connectivity index is 1.43. The van der Waals surface area contributed by atoms with Crippen molar-refractivity contribution >= 4 is 29.0 Å². The van der Waals surface area contributed by atoms with E-state index in [1.165, 1.54) is 0 Å². The summed E-state index contributed by atoms with van der Waals surface area (Å²) in [6.45, 7) is 4.34. The second-order valence-corrected chi connectivity index (χ2v) is 12.6. The average Bonchev–Trinajstić information content (AvgIpc) is 3.55. The Bertz CT molecular complexity index is 1210. The van der Waals surface area contributed by atoms with Gasteiger partial charge in [0.15, 0.2) is 10.0 Å². The molecule has 11 heteroatoms. The van der Waals surface area contributed by atoms with Crippen LogP contribution < -0.4 is 5.32 Å². The number of nitrogens with zero attached hydrogens (tertiary/aromatic N) is 5. The minimum atomic E-state index is -1.00. The molecule has 1 saturated carbocycles. The summed E-state index contributed by atoms with van der Waals surface area (Å²) in [6.07, 6.45) is 6.03. The van der Waals surface area contributed by atoms with E-state index in [1.807, 2.05) is 46.7 Å². The van der Waals surface area contributed by atoms with E-state index >= 15 is 0 Å². The highest BCUT2D eigenvalue weighted by Gasteiger charge is 2.42. The number of hydrogen-bond donors (Lipinski definition) is 2. The van der Waals surface area contributed by atoms with Gasteiger partial charge in [-0.3, -0.25) is 4.79 Å². The first kappa shape index (κ1) is 27.3. The normalized spacial score (nSPS) is 24.0. The van der Waals surface area contributed by atoms with Gasteiger partial charge in [0.05, 0.1) is 24.7 Å². The number of carbonyl (C=O) groups excluding carboxylic acids is 1. The zero-order valence-electron chi connectivity index (χ0n) is 22.0. The van der Waals surface area contributed by atoms with Crippen molar-refractivity contribution in [2.75, 3.05) is 39.1 Å². The van der Waals surface area contributed by atoms with Crippen LogP contribution in [0.4, 0.5) is 0 Å². The Labute approximate surface area is 232 Å². The fourth-order valence-corrected chi connectivity index (χ4v) is 7.62. The van der Waals surface area contributed by atoms with Gasteiger partial charge in [-0.25, -0.2) is 4.98 Å². The van der Waals surface area contributed by atoms with Crippen LogP contribution in [0.25, 0.3) is 11.3 Å². The molecule has 3 heterocycles. The second kappa shape index (κ2) is 12.3. The topological polar surface area (TPSA) is 105 Å². The molecule has 2 aliphatic rings. The van der Waals surface area contributed by atoms with Crippen LogP contribution in [0.3, 0.4) is 0 Å². The van der Waals surface area contributed by atoms with Gasteiger partial charge in [0, 0.05) is 44.1 Å². The van der Waals surface area contributed by atoms with Gasteiger partial charge in [-0.2, -0.15) is 0 Å². The van der Waals surface area contributed by atoms with Crippen LogP contribution in [0.2, 0.25) is 0 Å². The second-order valence-electron chi connectivity index (χ2n) is 10.1. The number of hydrogen-bond acceptors (Lipinski definition) is 9. The third-order valence-corrected chi connectivity index (χ3v) is 9.53. The highest BCUT2D eigenvalue weighted by molar-refractivity contribution is 8.01. The molecular formula is C27H36N6O3S2. The van der Waals surface area contributed by atoms with Crippen molar-refractivity contribution in [2.45, 2.75) is 61.1 Å². The minimum Gasteiger partial charge on any atom is -0.385 e. The Kier molecular flexibility index (Phi) is 8.79. The molecule has 0 spiro atoms. The van der Waals surface area contributed by atoms with Gasteiger partial charge in [-0.05, 0) is 26.2 Å². The van der Waals surface area contributed by atoms with E-state index in [4.69, 9.17) is 9.72 Å². The standard InChI is InChI=1S/C27H36N6O3S2/c1-19-30-31-26(38-19)37-15-11-21-16-28-13-14-32(21)25(34)23-24(20-8-4-3-5-9-20)33(18-29-23)22-10-6-7-12-27(22,35)17-36-2/h3-5,8-9,18,21-22,28,35H,6-7,10-17H2,1-2H3/t21-,22-,27-/m1/s1. The van der Waals surface area contributed by atoms with Gasteiger partial charge >= 0.3 is 0 Å². The first-order valence-corrected chi connectivity index (χ1v) is 15.1. The number of aromatic nitrogens is 4. The quantitative estimate of drug-likeness (QED) is 0.384. The molecule has 38 heavy (non-hydrogen) atoms. The summed E-state index contributed by atoms with van der Waals surface area (Å²) in [6, 6.07) is 9.79. The van der Waals surface area contributed by atoms with E-state index < -0.39 is 5.60 Å². The van der Waals surface area contributed by atoms with E-state index in [2.05, 4.69) is 15.5 Å². The van der Waals surface area contributed by atoms with Crippen LogP contribution in [0, 0.1) is 6.92 Å². The number of rotatable bonds is 9. The molecule has 1 amide bonds.